The predicted octanol–water partition coefficient (Wildman–Crippen LogP) is 4.32. The van der Waals surface area contributed by atoms with E-state index in [1.165, 1.54) is 24.3 Å². The third-order valence-electron chi connectivity index (χ3n) is 4.11. The average Bonchev–Trinajstić information content (AvgIpc) is 2.68. The van der Waals surface area contributed by atoms with Crippen molar-refractivity contribution in [3.05, 3.63) is 95.6 Å². The lowest BCUT2D eigenvalue weighted by molar-refractivity contribution is 0.102. The summed E-state index contributed by atoms with van der Waals surface area (Å²) in [6, 6.07) is 17.2. The van der Waals surface area contributed by atoms with Crippen molar-refractivity contribution in [1.82, 2.24) is 10.3 Å². The minimum Gasteiger partial charge on any atom is -0.322 e. The first-order valence-corrected chi connectivity index (χ1v) is 8.41. The molecule has 0 bridgehead atoms. The van der Waals surface area contributed by atoms with E-state index in [1.54, 1.807) is 6.20 Å². The van der Waals surface area contributed by atoms with Gasteiger partial charge >= 0.3 is 0 Å². The van der Waals surface area contributed by atoms with E-state index in [4.69, 9.17) is 0 Å². The van der Waals surface area contributed by atoms with Crippen LogP contribution in [0.25, 0.3) is 0 Å². The maximum Gasteiger partial charge on any atom is 0.255 e. The molecule has 0 saturated heterocycles. The topological polar surface area (TPSA) is 54.0 Å². The summed E-state index contributed by atoms with van der Waals surface area (Å²) in [7, 11) is 0. The number of rotatable bonds is 6. The van der Waals surface area contributed by atoms with Gasteiger partial charge in [-0.2, -0.15) is 0 Å². The van der Waals surface area contributed by atoms with Crippen molar-refractivity contribution in [1.29, 1.82) is 0 Å². The molecule has 26 heavy (non-hydrogen) atoms. The van der Waals surface area contributed by atoms with Crippen molar-refractivity contribution < 1.29 is 9.18 Å². The van der Waals surface area contributed by atoms with E-state index < -0.39 is 0 Å². The Morgan fingerprint density at radius 1 is 1.08 bits per heavy atom. The molecule has 2 aromatic carbocycles. The van der Waals surface area contributed by atoms with Crippen molar-refractivity contribution in [3.63, 3.8) is 0 Å². The van der Waals surface area contributed by atoms with Gasteiger partial charge in [0.15, 0.2) is 0 Å². The zero-order chi connectivity index (χ0) is 18.4. The molecule has 0 aliphatic heterocycles. The predicted molar refractivity (Wildman–Crippen MR) is 100 cm³/mol. The van der Waals surface area contributed by atoms with Gasteiger partial charge < -0.3 is 10.6 Å². The number of anilines is 1. The lowest BCUT2D eigenvalue weighted by atomic mass is 10.1. The molecule has 132 valence electrons. The highest BCUT2D eigenvalue weighted by atomic mass is 19.1. The fourth-order valence-corrected chi connectivity index (χ4v) is 2.55. The van der Waals surface area contributed by atoms with Gasteiger partial charge in [-0.1, -0.05) is 18.2 Å². The molecule has 1 heterocycles. The first-order chi connectivity index (χ1) is 12.6. The fourth-order valence-electron chi connectivity index (χ4n) is 2.55. The number of amides is 1. The maximum atomic E-state index is 12.9. The lowest BCUT2D eigenvalue weighted by Crippen LogP contribution is -2.18. The molecule has 3 aromatic rings. The van der Waals surface area contributed by atoms with Gasteiger partial charge in [0.05, 0.1) is 0 Å². The molecule has 0 aliphatic carbocycles. The number of aromatic nitrogens is 1. The number of nitrogens with zero attached hydrogens (tertiary/aromatic N) is 1. The third-order valence-corrected chi connectivity index (χ3v) is 4.11. The van der Waals surface area contributed by atoms with Crippen LogP contribution < -0.4 is 10.6 Å². The van der Waals surface area contributed by atoms with Crippen LogP contribution >= 0.6 is 0 Å². The summed E-state index contributed by atoms with van der Waals surface area (Å²) in [4.78, 5) is 16.3. The van der Waals surface area contributed by atoms with Gasteiger partial charge in [-0.3, -0.25) is 9.78 Å². The van der Waals surface area contributed by atoms with E-state index >= 15 is 0 Å². The Morgan fingerprint density at radius 3 is 2.46 bits per heavy atom. The van der Waals surface area contributed by atoms with Crippen LogP contribution in [0.3, 0.4) is 0 Å². The molecule has 0 fully saturated rings. The summed E-state index contributed by atoms with van der Waals surface area (Å²) >= 11 is 0. The van der Waals surface area contributed by atoms with Gasteiger partial charge in [0.2, 0.25) is 0 Å². The van der Waals surface area contributed by atoms with Crippen LogP contribution in [0.1, 0.15) is 34.5 Å². The lowest BCUT2D eigenvalue weighted by Gasteiger charge is -2.15. The Morgan fingerprint density at radius 2 is 1.81 bits per heavy atom. The highest BCUT2D eigenvalue weighted by Crippen LogP contribution is 2.17. The number of benzene rings is 2. The van der Waals surface area contributed by atoms with Crippen LogP contribution in [-0.4, -0.2) is 10.9 Å². The summed E-state index contributed by atoms with van der Waals surface area (Å²) in [5.41, 5.74) is 3.36. The largest absolute Gasteiger partial charge is 0.322 e. The monoisotopic (exact) mass is 349 g/mol. The normalized spacial score (nSPS) is 11.8. The summed E-state index contributed by atoms with van der Waals surface area (Å²) in [5, 5.41) is 6.26. The van der Waals surface area contributed by atoms with E-state index in [0.29, 0.717) is 11.3 Å². The first-order valence-electron chi connectivity index (χ1n) is 8.41. The van der Waals surface area contributed by atoms with Gasteiger partial charge in [0, 0.05) is 36.2 Å². The smallest absolute Gasteiger partial charge is 0.255 e. The molecule has 1 atom stereocenters. The Hall–Kier alpha value is -3.05. The number of carbonyl (C=O) groups is 1. The van der Waals surface area contributed by atoms with Gasteiger partial charge in [0.25, 0.3) is 5.91 Å². The molecule has 0 aliphatic rings. The second kappa shape index (κ2) is 8.36. The number of pyridine rings is 1. The van der Waals surface area contributed by atoms with Gasteiger partial charge in [-0.15, -0.1) is 0 Å². The molecule has 1 amide bonds. The zero-order valence-corrected chi connectivity index (χ0v) is 14.4. The Labute approximate surface area is 152 Å². The molecule has 3 rings (SSSR count). The van der Waals surface area contributed by atoms with Crippen molar-refractivity contribution in [2.24, 2.45) is 0 Å². The van der Waals surface area contributed by atoms with Crippen molar-refractivity contribution in [3.8, 4) is 0 Å². The molecule has 1 unspecified atom stereocenters. The van der Waals surface area contributed by atoms with Crippen LogP contribution in [0, 0.1) is 5.82 Å². The van der Waals surface area contributed by atoms with Crippen LogP contribution in [0.4, 0.5) is 10.1 Å². The maximum absolute atomic E-state index is 12.9. The van der Waals surface area contributed by atoms with E-state index in [9.17, 15) is 9.18 Å². The molecule has 2 N–H and O–H groups in total. The van der Waals surface area contributed by atoms with E-state index in [2.05, 4.69) is 22.5 Å². The van der Waals surface area contributed by atoms with E-state index in [1.807, 2.05) is 42.6 Å². The molecule has 5 heteroatoms. The average molecular weight is 349 g/mol. The zero-order valence-electron chi connectivity index (χ0n) is 14.4. The summed E-state index contributed by atoms with van der Waals surface area (Å²) in [5.74, 6) is -0.626. The molecule has 4 nitrogen and oxygen atoms in total. The Bertz CT molecular complexity index is 849. The number of hydrogen-bond acceptors (Lipinski definition) is 3. The van der Waals surface area contributed by atoms with Crippen LogP contribution in [0.15, 0.2) is 73.1 Å². The highest BCUT2D eigenvalue weighted by molar-refractivity contribution is 6.04. The molecule has 0 saturated carbocycles. The quantitative estimate of drug-likeness (QED) is 0.697. The summed E-state index contributed by atoms with van der Waals surface area (Å²) in [6.45, 7) is 2.82. The standard InChI is InChI=1S/C21H20FN3O/c1-15(24-14-16-3-2-12-23-13-16)17-6-10-20(11-7-17)25-21(26)18-4-8-19(22)9-5-18/h2-13,15,24H,14H2,1H3,(H,25,26). The minimum absolute atomic E-state index is 0.164. The minimum atomic E-state index is -0.362. The van der Waals surface area contributed by atoms with Crippen LogP contribution in [0.2, 0.25) is 0 Å². The van der Waals surface area contributed by atoms with Crippen molar-refractivity contribution >= 4 is 11.6 Å². The number of carbonyl (C=O) groups excluding carboxylic acids is 1. The van der Waals surface area contributed by atoms with Crippen molar-refractivity contribution in [2.45, 2.75) is 19.5 Å². The Balaban J connectivity index is 1.57. The van der Waals surface area contributed by atoms with Crippen molar-refractivity contribution in [2.75, 3.05) is 5.32 Å². The third kappa shape index (κ3) is 4.74. The Kier molecular flexibility index (Phi) is 5.71. The summed E-state index contributed by atoms with van der Waals surface area (Å²) in [6.07, 6.45) is 3.60. The molecule has 0 spiro atoms. The number of halogens is 1. The second-order valence-corrected chi connectivity index (χ2v) is 6.05. The SMILES string of the molecule is CC(NCc1cccnc1)c1ccc(NC(=O)c2ccc(F)cc2)cc1. The molecular formula is C21H20FN3O. The van der Waals surface area contributed by atoms with Crippen LogP contribution in [0.5, 0.6) is 0 Å². The number of hydrogen-bond donors (Lipinski definition) is 2. The summed E-state index contributed by atoms with van der Waals surface area (Å²) < 4.78 is 12.9. The molecule has 0 radical (unpaired) electrons. The molecular weight excluding hydrogens is 329 g/mol. The molecule has 1 aromatic heterocycles. The fraction of sp³-hybridized carbons (Fsp3) is 0.143. The van der Waals surface area contributed by atoms with Crippen LogP contribution in [-0.2, 0) is 6.54 Å². The van der Waals surface area contributed by atoms with Gasteiger partial charge in [-0.05, 0) is 60.5 Å². The van der Waals surface area contributed by atoms with E-state index in [0.717, 1.165) is 17.7 Å². The van der Waals surface area contributed by atoms with Gasteiger partial charge in [0.1, 0.15) is 5.82 Å². The highest BCUT2D eigenvalue weighted by Gasteiger charge is 2.08. The first kappa shape index (κ1) is 17.8. The number of nitrogens with one attached hydrogen (secondary N) is 2. The van der Waals surface area contributed by atoms with E-state index in [-0.39, 0.29) is 17.8 Å². The second-order valence-electron chi connectivity index (χ2n) is 6.05. The van der Waals surface area contributed by atoms with Gasteiger partial charge in [-0.25, -0.2) is 4.39 Å².